The molecule has 1 unspecified atom stereocenters. The maximum atomic E-state index is 10.4. The van der Waals surface area contributed by atoms with Crippen LogP contribution in [0.1, 0.15) is 0 Å². The lowest BCUT2D eigenvalue weighted by atomic mass is 10.3. The third kappa shape index (κ3) is 3.27. The number of halogens is 2. The first kappa shape index (κ1) is 12.1. The summed E-state index contributed by atoms with van der Waals surface area (Å²) in [5.74, 6) is -1.07. The van der Waals surface area contributed by atoms with Crippen LogP contribution in [0.3, 0.4) is 0 Å². The van der Waals surface area contributed by atoms with Gasteiger partial charge in [-0.3, -0.25) is 4.79 Å². The molecule has 82 valence electrons. The first-order chi connectivity index (χ1) is 7.02. The lowest BCUT2D eigenvalue weighted by molar-refractivity contribution is -0.138. The zero-order chi connectivity index (χ0) is 11.4. The van der Waals surface area contributed by atoms with E-state index in [2.05, 4.69) is 5.32 Å². The molecule has 1 aromatic rings. The Morgan fingerprint density at radius 3 is 2.80 bits per heavy atom. The number of anilines is 1. The fourth-order valence-corrected chi connectivity index (χ4v) is 1.31. The zero-order valence-corrected chi connectivity index (χ0v) is 9.22. The monoisotopic (exact) mass is 248 g/mol. The normalized spacial score (nSPS) is 12.2. The molecule has 0 aliphatic rings. The van der Waals surface area contributed by atoms with Gasteiger partial charge in [-0.1, -0.05) is 29.3 Å². The fourth-order valence-electron chi connectivity index (χ4n) is 0.948. The molecule has 1 atom stereocenters. The van der Waals surface area contributed by atoms with Crippen molar-refractivity contribution in [3.05, 3.63) is 28.2 Å². The second kappa shape index (κ2) is 5.21. The number of hydrogen-bond acceptors (Lipinski definition) is 3. The van der Waals surface area contributed by atoms with Gasteiger partial charge in [-0.15, -0.1) is 0 Å². The molecule has 0 fully saturated rings. The van der Waals surface area contributed by atoms with Crippen molar-refractivity contribution in [2.75, 3.05) is 11.9 Å². The lowest BCUT2D eigenvalue weighted by Gasteiger charge is -2.11. The minimum Gasteiger partial charge on any atom is -0.480 e. The standard InChI is InChI=1S/C9H10Cl2N2O2/c10-5-2-1-3-7(8(5)11)13-4-6(12)9(14)15/h1-3,6,13H,4,12H2,(H,14,15). The minimum absolute atomic E-state index is 0.0927. The molecular formula is C9H10Cl2N2O2. The van der Waals surface area contributed by atoms with Gasteiger partial charge in [0.05, 0.1) is 15.7 Å². The SMILES string of the molecule is NC(CNc1cccc(Cl)c1Cl)C(=O)O. The van der Waals surface area contributed by atoms with Gasteiger partial charge >= 0.3 is 5.97 Å². The Kier molecular flexibility index (Phi) is 4.20. The molecule has 4 N–H and O–H groups in total. The van der Waals surface area contributed by atoms with E-state index in [1.54, 1.807) is 18.2 Å². The third-order valence-corrected chi connectivity index (χ3v) is 2.60. The molecular weight excluding hydrogens is 239 g/mol. The Morgan fingerprint density at radius 1 is 1.53 bits per heavy atom. The summed E-state index contributed by atoms with van der Waals surface area (Å²) in [6, 6.07) is 4.08. The van der Waals surface area contributed by atoms with Crippen LogP contribution in [0.25, 0.3) is 0 Å². The molecule has 0 aliphatic carbocycles. The van der Waals surface area contributed by atoms with Gasteiger partial charge in [-0.05, 0) is 12.1 Å². The number of benzene rings is 1. The van der Waals surface area contributed by atoms with Gasteiger partial charge in [0.15, 0.2) is 0 Å². The van der Waals surface area contributed by atoms with Gasteiger partial charge in [0.1, 0.15) is 6.04 Å². The lowest BCUT2D eigenvalue weighted by Crippen LogP contribution is -2.36. The van der Waals surface area contributed by atoms with Crippen LogP contribution in [0.2, 0.25) is 10.0 Å². The van der Waals surface area contributed by atoms with Crippen LogP contribution in [0, 0.1) is 0 Å². The molecule has 0 radical (unpaired) electrons. The number of rotatable bonds is 4. The smallest absolute Gasteiger partial charge is 0.322 e. The minimum atomic E-state index is -1.07. The van der Waals surface area contributed by atoms with Crippen molar-refractivity contribution in [1.29, 1.82) is 0 Å². The first-order valence-corrected chi connectivity index (χ1v) is 4.94. The van der Waals surface area contributed by atoms with Crippen LogP contribution in [0.15, 0.2) is 18.2 Å². The van der Waals surface area contributed by atoms with Crippen molar-refractivity contribution in [2.45, 2.75) is 6.04 Å². The van der Waals surface area contributed by atoms with Crippen molar-refractivity contribution in [3.63, 3.8) is 0 Å². The Balaban J connectivity index is 2.66. The van der Waals surface area contributed by atoms with E-state index >= 15 is 0 Å². The summed E-state index contributed by atoms with van der Waals surface area (Å²) < 4.78 is 0. The molecule has 0 spiro atoms. The predicted octanol–water partition coefficient (Wildman–Crippen LogP) is 1.82. The molecule has 0 heterocycles. The highest BCUT2D eigenvalue weighted by molar-refractivity contribution is 6.43. The fraction of sp³-hybridized carbons (Fsp3) is 0.222. The third-order valence-electron chi connectivity index (χ3n) is 1.78. The number of carboxylic acid groups (broad SMARTS) is 1. The predicted molar refractivity (Wildman–Crippen MR) is 60.6 cm³/mol. The van der Waals surface area contributed by atoms with Crippen LogP contribution in [-0.2, 0) is 4.79 Å². The number of aliphatic carboxylic acids is 1. The van der Waals surface area contributed by atoms with E-state index in [1.807, 2.05) is 0 Å². The summed E-state index contributed by atoms with van der Waals surface area (Å²) in [6.45, 7) is 0.0927. The highest BCUT2D eigenvalue weighted by atomic mass is 35.5. The van der Waals surface area contributed by atoms with Crippen molar-refractivity contribution in [1.82, 2.24) is 0 Å². The number of carboxylic acids is 1. The van der Waals surface area contributed by atoms with Gasteiger partial charge in [0.2, 0.25) is 0 Å². The Bertz CT molecular complexity index is 371. The van der Waals surface area contributed by atoms with E-state index in [4.69, 9.17) is 34.0 Å². The van der Waals surface area contributed by atoms with Crippen LogP contribution in [-0.4, -0.2) is 23.7 Å². The maximum Gasteiger partial charge on any atom is 0.322 e. The summed E-state index contributed by atoms with van der Waals surface area (Å²) in [5.41, 5.74) is 5.88. The molecule has 0 saturated carbocycles. The Hall–Kier alpha value is -0.970. The summed E-state index contributed by atoms with van der Waals surface area (Å²) >= 11 is 11.6. The molecule has 1 aromatic carbocycles. The maximum absolute atomic E-state index is 10.4. The van der Waals surface area contributed by atoms with Crippen LogP contribution >= 0.6 is 23.2 Å². The first-order valence-electron chi connectivity index (χ1n) is 4.18. The molecule has 6 heteroatoms. The summed E-state index contributed by atoms with van der Waals surface area (Å²) in [4.78, 5) is 10.4. The van der Waals surface area contributed by atoms with Gasteiger partial charge in [-0.2, -0.15) is 0 Å². The van der Waals surface area contributed by atoms with Crippen molar-refractivity contribution in [2.24, 2.45) is 5.73 Å². The van der Waals surface area contributed by atoms with Crippen LogP contribution in [0.4, 0.5) is 5.69 Å². The van der Waals surface area contributed by atoms with Gasteiger partial charge in [0, 0.05) is 6.54 Å². The molecule has 4 nitrogen and oxygen atoms in total. The van der Waals surface area contributed by atoms with Crippen molar-refractivity contribution < 1.29 is 9.90 Å². The topological polar surface area (TPSA) is 75.3 Å². The second-order valence-corrected chi connectivity index (χ2v) is 3.71. The number of nitrogens with one attached hydrogen (secondary N) is 1. The molecule has 0 saturated heterocycles. The zero-order valence-electron chi connectivity index (χ0n) is 7.71. The van der Waals surface area contributed by atoms with Gasteiger partial charge in [0.25, 0.3) is 0 Å². The Morgan fingerprint density at radius 2 is 2.20 bits per heavy atom. The van der Waals surface area contributed by atoms with E-state index in [1.165, 1.54) is 0 Å². The van der Waals surface area contributed by atoms with Crippen LogP contribution < -0.4 is 11.1 Å². The molecule has 1 rings (SSSR count). The largest absolute Gasteiger partial charge is 0.480 e. The Labute approximate surface area is 97.0 Å². The number of nitrogens with two attached hydrogens (primary N) is 1. The van der Waals surface area contributed by atoms with E-state index in [0.29, 0.717) is 15.7 Å². The molecule has 0 aliphatic heterocycles. The molecule has 0 amide bonds. The summed E-state index contributed by atoms with van der Waals surface area (Å²) in [7, 11) is 0. The number of hydrogen-bond donors (Lipinski definition) is 3. The quantitative estimate of drug-likeness (QED) is 0.760. The van der Waals surface area contributed by atoms with Crippen molar-refractivity contribution >= 4 is 34.9 Å². The highest BCUT2D eigenvalue weighted by Gasteiger charge is 2.11. The van der Waals surface area contributed by atoms with E-state index in [0.717, 1.165) is 0 Å². The average molecular weight is 249 g/mol. The molecule has 0 bridgehead atoms. The van der Waals surface area contributed by atoms with E-state index in [-0.39, 0.29) is 6.54 Å². The van der Waals surface area contributed by atoms with Crippen molar-refractivity contribution in [3.8, 4) is 0 Å². The molecule has 15 heavy (non-hydrogen) atoms. The average Bonchev–Trinajstić information content (AvgIpc) is 2.19. The highest BCUT2D eigenvalue weighted by Crippen LogP contribution is 2.29. The summed E-state index contributed by atoms with van der Waals surface area (Å²) in [6.07, 6.45) is 0. The van der Waals surface area contributed by atoms with Gasteiger partial charge in [-0.25, -0.2) is 0 Å². The molecule has 0 aromatic heterocycles. The number of carbonyl (C=O) groups is 1. The van der Waals surface area contributed by atoms with E-state index in [9.17, 15) is 4.79 Å². The summed E-state index contributed by atoms with van der Waals surface area (Å²) in [5, 5.41) is 12.1. The second-order valence-electron chi connectivity index (χ2n) is 2.93. The van der Waals surface area contributed by atoms with Gasteiger partial charge < -0.3 is 16.2 Å². The van der Waals surface area contributed by atoms with Crippen LogP contribution in [0.5, 0.6) is 0 Å². The van der Waals surface area contributed by atoms with E-state index < -0.39 is 12.0 Å².